The van der Waals surface area contributed by atoms with Crippen LogP contribution < -0.4 is 9.47 Å². The highest BCUT2D eigenvalue weighted by Gasteiger charge is 2.38. The molecule has 0 saturated carbocycles. The zero-order valence-electron chi connectivity index (χ0n) is 24.6. The molecule has 40 heavy (non-hydrogen) atoms. The second-order valence-corrected chi connectivity index (χ2v) is 18.2. The Kier molecular flexibility index (Phi) is 10.9. The van der Waals surface area contributed by atoms with Crippen LogP contribution in [0, 0.1) is 0 Å². The third-order valence-electron chi connectivity index (χ3n) is 7.21. The Bertz CT molecular complexity index is 1300. The molecule has 0 heterocycles. The average molecular weight is 585 g/mol. The minimum Gasteiger partial charge on any atom is -0.489 e. The van der Waals surface area contributed by atoms with Crippen molar-refractivity contribution in [3.8, 4) is 11.5 Å². The summed E-state index contributed by atoms with van der Waals surface area (Å²) in [7, 11) is -3.27. The van der Waals surface area contributed by atoms with E-state index < -0.39 is 27.9 Å². The van der Waals surface area contributed by atoms with Crippen LogP contribution in [0.3, 0.4) is 0 Å². The van der Waals surface area contributed by atoms with Gasteiger partial charge < -0.3 is 22.9 Å². The van der Waals surface area contributed by atoms with Crippen LogP contribution >= 0.6 is 7.60 Å². The average Bonchev–Trinajstić information content (AvgIpc) is 2.94. The molecular weight excluding hydrogens is 543 g/mol. The molecule has 0 bridgehead atoms. The number of ether oxygens (including phenoxy) is 2. The third-order valence-corrected chi connectivity index (χ3v) is 13.5. The molecule has 3 rings (SSSR count). The van der Waals surface area contributed by atoms with Crippen LogP contribution in [0.1, 0.15) is 47.8 Å². The predicted molar refractivity (Wildman–Crippen MR) is 161 cm³/mol. The van der Waals surface area contributed by atoms with Gasteiger partial charge in [-0.2, -0.15) is 0 Å². The minimum absolute atomic E-state index is 0.0347. The summed E-state index contributed by atoms with van der Waals surface area (Å²) < 4.78 is 42.1. The number of carbonyl (C=O) groups excluding carboxylic acids is 1. The molecule has 0 aliphatic heterocycles. The van der Waals surface area contributed by atoms with Crippen molar-refractivity contribution in [3.63, 3.8) is 0 Å². The smallest absolute Gasteiger partial charge is 0.337 e. The lowest BCUT2D eigenvalue weighted by Crippen LogP contribution is -2.40. The van der Waals surface area contributed by atoms with Crippen LogP contribution in [0.4, 0.5) is 0 Å². The summed E-state index contributed by atoms with van der Waals surface area (Å²) >= 11 is 0. The summed E-state index contributed by atoms with van der Waals surface area (Å²) in [6, 6.07) is 23.0. The van der Waals surface area contributed by atoms with E-state index in [1.54, 1.807) is 6.07 Å². The summed E-state index contributed by atoms with van der Waals surface area (Å²) in [6.07, 6.45) is -0.432. The molecule has 9 heteroatoms. The molecule has 216 valence electrons. The molecule has 3 aromatic rings. The zero-order valence-corrected chi connectivity index (χ0v) is 26.5. The van der Waals surface area contributed by atoms with Crippen molar-refractivity contribution in [2.24, 2.45) is 0 Å². The first-order chi connectivity index (χ1) is 18.9. The van der Waals surface area contributed by atoms with Crippen molar-refractivity contribution in [1.29, 1.82) is 0 Å². The highest BCUT2D eigenvalue weighted by atomic mass is 31.2. The first-order valence-electron chi connectivity index (χ1n) is 13.3. The van der Waals surface area contributed by atoms with Crippen LogP contribution in [0.15, 0.2) is 72.8 Å². The molecule has 0 spiro atoms. The number of Topliss-reactive ketones (excluding diaryl/α,β-unsaturated/α-hetero) is 1. The Morgan fingerprint density at radius 2 is 1.32 bits per heavy atom. The molecule has 0 fully saturated rings. The van der Waals surface area contributed by atoms with E-state index in [1.807, 2.05) is 66.7 Å². The van der Waals surface area contributed by atoms with Crippen LogP contribution in [0.2, 0.25) is 18.1 Å². The van der Waals surface area contributed by atoms with E-state index in [0.717, 1.165) is 11.1 Å². The number of ketones is 1. The first-order valence-corrected chi connectivity index (χ1v) is 17.9. The predicted octanol–water partition coefficient (Wildman–Crippen LogP) is 8.04. The summed E-state index contributed by atoms with van der Waals surface area (Å²) in [5.41, 5.74) is 2.84. The molecule has 0 radical (unpaired) electrons. The minimum atomic E-state index is -3.63. The van der Waals surface area contributed by atoms with Crippen molar-refractivity contribution in [2.45, 2.75) is 58.7 Å². The van der Waals surface area contributed by atoms with Crippen molar-refractivity contribution < 1.29 is 32.3 Å². The largest absolute Gasteiger partial charge is 0.489 e. The van der Waals surface area contributed by atoms with Gasteiger partial charge in [-0.1, -0.05) is 81.4 Å². The van der Waals surface area contributed by atoms with Crippen LogP contribution in [-0.4, -0.2) is 34.5 Å². The van der Waals surface area contributed by atoms with Crippen molar-refractivity contribution >= 4 is 21.7 Å². The van der Waals surface area contributed by atoms with Crippen molar-refractivity contribution in [1.82, 2.24) is 0 Å². The van der Waals surface area contributed by atoms with Crippen molar-refractivity contribution in [3.05, 3.63) is 95.1 Å². The Morgan fingerprint density at radius 3 is 1.82 bits per heavy atom. The molecular formula is C31H41O7PSi. The normalized spacial score (nSPS) is 12.3. The standard InChI is InChI=1S/C31H41O7PSi/c1-31(2,3)40(6,7)38-22-26-18-27(36-20-24-14-10-8-11-15-24)19-29(37-21-25-16-12-9-13-17-25)30(26)28(32)23-39(33,34-4)35-5/h8-19H,20-23H2,1-7H3. The van der Waals surface area contributed by atoms with Gasteiger partial charge in [-0.25, -0.2) is 0 Å². The molecule has 0 unspecified atom stereocenters. The lowest BCUT2D eigenvalue weighted by molar-refractivity contribution is 0.100. The Hall–Kier alpha value is -2.74. The Morgan fingerprint density at radius 1 is 0.800 bits per heavy atom. The molecule has 3 aromatic carbocycles. The monoisotopic (exact) mass is 584 g/mol. The Balaban J connectivity index is 2.06. The topological polar surface area (TPSA) is 80.3 Å². The summed E-state index contributed by atoms with van der Waals surface area (Å²) in [5.74, 6) is 0.449. The molecule has 0 saturated heterocycles. The second-order valence-electron chi connectivity index (χ2n) is 11.1. The summed E-state index contributed by atoms with van der Waals surface area (Å²) in [4.78, 5) is 13.7. The highest BCUT2D eigenvalue weighted by molar-refractivity contribution is 7.54. The lowest BCUT2D eigenvalue weighted by atomic mass is 10.0. The van der Waals surface area contributed by atoms with Gasteiger partial charge in [-0.3, -0.25) is 9.36 Å². The number of rotatable bonds is 14. The molecule has 0 amide bonds. The van der Waals surface area contributed by atoms with E-state index in [2.05, 4.69) is 33.9 Å². The molecule has 0 aromatic heterocycles. The quantitative estimate of drug-likeness (QED) is 0.108. The maximum absolute atomic E-state index is 13.7. The van der Waals surface area contributed by atoms with E-state index in [4.69, 9.17) is 22.9 Å². The van der Waals surface area contributed by atoms with Crippen LogP contribution in [0.5, 0.6) is 11.5 Å². The number of benzene rings is 3. The fourth-order valence-corrected chi connectivity index (χ4v) is 5.55. The van der Waals surface area contributed by atoms with Gasteiger partial charge in [0.05, 0.1) is 12.2 Å². The van der Waals surface area contributed by atoms with Gasteiger partial charge in [0.25, 0.3) is 0 Å². The first kappa shape index (κ1) is 31.8. The molecule has 0 aliphatic carbocycles. The van der Waals surface area contributed by atoms with Gasteiger partial charge in [0.2, 0.25) is 0 Å². The van der Waals surface area contributed by atoms with Crippen LogP contribution in [-0.2, 0) is 37.9 Å². The van der Waals surface area contributed by atoms with Gasteiger partial charge in [-0.15, -0.1) is 0 Å². The van der Waals surface area contributed by atoms with Gasteiger partial charge in [-0.05, 0) is 40.9 Å². The van der Waals surface area contributed by atoms with Crippen LogP contribution in [0.25, 0.3) is 0 Å². The molecule has 7 nitrogen and oxygen atoms in total. The number of hydrogen-bond acceptors (Lipinski definition) is 7. The zero-order chi connectivity index (χ0) is 29.4. The second kappa shape index (κ2) is 13.7. The maximum Gasteiger partial charge on any atom is 0.337 e. The maximum atomic E-state index is 13.7. The molecule has 0 N–H and O–H groups in total. The van der Waals surface area contributed by atoms with E-state index in [-0.39, 0.29) is 23.8 Å². The van der Waals surface area contributed by atoms with E-state index in [1.165, 1.54) is 14.2 Å². The number of carbonyl (C=O) groups is 1. The fourth-order valence-electron chi connectivity index (χ4n) is 3.68. The number of hydrogen-bond donors (Lipinski definition) is 0. The molecule has 0 aliphatic rings. The van der Waals surface area contributed by atoms with Gasteiger partial charge in [0.1, 0.15) is 30.9 Å². The van der Waals surface area contributed by atoms with E-state index in [0.29, 0.717) is 23.7 Å². The van der Waals surface area contributed by atoms with Crippen molar-refractivity contribution in [2.75, 3.05) is 20.4 Å². The lowest BCUT2D eigenvalue weighted by Gasteiger charge is -2.36. The third kappa shape index (κ3) is 8.63. The van der Waals surface area contributed by atoms with E-state index in [9.17, 15) is 9.36 Å². The Labute approximate surface area is 239 Å². The molecule has 0 atom stereocenters. The van der Waals surface area contributed by atoms with E-state index >= 15 is 0 Å². The van der Waals surface area contributed by atoms with Gasteiger partial charge in [0.15, 0.2) is 14.1 Å². The fraction of sp³-hybridized carbons (Fsp3) is 0.387. The van der Waals surface area contributed by atoms with Gasteiger partial charge >= 0.3 is 7.60 Å². The van der Waals surface area contributed by atoms with Gasteiger partial charge in [0, 0.05) is 20.3 Å². The summed E-state index contributed by atoms with van der Waals surface area (Å²) in [5, 5.41) is -0.0347. The SMILES string of the molecule is COP(=O)(CC(=O)c1c(CO[Si](C)(C)C(C)(C)C)cc(OCc2ccccc2)cc1OCc1ccccc1)OC. The highest BCUT2D eigenvalue weighted by Crippen LogP contribution is 2.48. The summed E-state index contributed by atoms with van der Waals surface area (Å²) in [6.45, 7) is 11.5.